The molecule has 0 radical (unpaired) electrons. The number of nitrogens with one attached hydrogen (secondary N) is 2. The molecule has 0 fully saturated rings. The standard InChI is InChI=1S/C24H20N4O3/c1-17(29)27-22-12-10-18(11-13-22)24(30)28-26-15-20-7-4-5-9-23(20)31-16-21-8-3-2-6-19(21)14-25/h2-13,15H,16H2,1H3,(H,27,29)(H,28,30). The van der Waals surface area contributed by atoms with E-state index in [1.54, 1.807) is 42.5 Å². The molecule has 0 spiro atoms. The summed E-state index contributed by atoms with van der Waals surface area (Å²) in [5, 5.41) is 15.9. The highest BCUT2D eigenvalue weighted by Crippen LogP contribution is 2.19. The molecule has 31 heavy (non-hydrogen) atoms. The Morgan fingerprint density at radius 3 is 2.48 bits per heavy atom. The SMILES string of the molecule is CC(=O)Nc1ccc(C(=O)NN=Cc2ccccc2OCc2ccccc2C#N)cc1. The van der Waals surface area contributed by atoms with Crippen molar-refractivity contribution in [3.63, 3.8) is 0 Å². The molecule has 0 bridgehead atoms. The average Bonchev–Trinajstić information content (AvgIpc) is 2.78. The van der Waals surface area contributed by atoms with E-state index in [2.05, 4.69) is 21.9 Å². The van der Waals surface area contributed by atoms with E-state index in [0.29, 0.717) is 28.1 Å². The zero-order chi connectivity index (χ0) is 22.1. The molecule has 0 saturated heterocycles. The molecule has 0 aliphatic rings. The molecule has 7 nitrogen and oxygen atoms in total. The fraction of sp³-hybridized carbons (Fsp3) is 0.0833. The summed E-state index contributed by atoms with van der Waals surface area (Å²) < 4.78 is 5.86. The van der Waals surface area contributed by atoms with Crippen LogP contribution in [0, 0.1) is 11.3 Å². The molecule has 0 unspecified atom stereocenters. The van der Waals surface area contributed by atoms with Crippen molar-refractivity contribution in [3.05, 3.63) is 95.1 Å². The van der Waals surface area contributed by atoms with Gasteiger partial charge in [-0.1, -0.05) is 30.3 Å². The summed E-state index contributed by atoms with van der Waals surface area (Å²) in [6, 6.07) is 23.1. The topological polar surface area (TPSA) is 104 Å². The first-order chi connectivity index (χ1) is 15.1. The Morgan fingerprint density at radius 2 is 1.74 bits per heavy atom. The number of rotatable bonds is 7. The lowest BCUT2D eigenvalue weighted by atomic mass is 10.1. The number of ether oxygens (including phenoxy) is 1. The molecule has 0 aromatic heterocycles. The number of amides is 2. The molecule has 3 aromatic carbocycles. The van der Waals surface area contributed by atoms with Gasteiger partial charge in [0.15, 0.2) is 0 Å². The highest BCUT2D eigenvalue weighted by Gasteiger charge is 2.07. The van der Waals surface area contributed by atoms with Crippen molar-refractivity contribution >= 4 is 23.7 Å². The van der Waals surface area contributed by atoms with Crippen LogP contribution in [0.3, 0.4) is 0 Å². The maximum atomic E-state index is 12.3. The number of carbonyl (C=O) groups is 2. The van der Waals surface area contributed by atoms with Gasteiger partial charge in [-0.3, -0.25) is 9.59 Å². The monoisotopic (exact) mass is 412 g/mol. The Bertz CT molecular complexity index is 1150. The van der Waals surface area contributed by atoms with Crippen LogP contribution in [0.5, 0.6) is 5.75 Å². The van der Waals surface area contributed by atoms with E-state index in [1.165, 1.54) is 13.1 Å². The lowest BCUT2D eigenvalue weighted by Crippen LogP contribution is -2.17. The van der Waals surface area contributed by atoms with Crippen molar-refractivity contribution in [2.45, 2.75) is 13.5 Å². The Labute approximate surface area is 180 Å². The number of hydrogen-bond acceptors (Lipinski definition) is 5. The fourth-order valence-corrected chi connectivity index (χ4v) is 2.76. The van der Waals surface area contributed by atoms with Gasteiger partial charge in [0.05, 0.1) is 17.8 Å². The zero-order valence-corrected chi connectivity index (χ0v) is 16.8. The van der Waals surface area contributed by atoms with Crippen LogP contribution >= 0.6 is 0 Å². The zero-order valence-electron chi connectivity index (χ0n) is 16.8. The Morgan fingerprint density at radius 1 is 1.03 bits per heavy atom. The number of anilines is 1. The molecular formula is C24H20N4O3. The van der Waals surface area contributed by atoms with Crippen LogP contribution in [-0.4, -0.2) is 18.0 Å². The molecule has 0 heterocycles. The number of hydrogen-bond donors (Lipinski definition) is 2. The van der Waals surface area contributed by atoms with Gasteiger partial charge in [-0.25, -0.2) is 5.43 Å². The second kappa shape index (κ2) is 10.4. The minimum atomic E-state index is -0.382. The van der Waals surface area contributed by atoms with Gasteiger partial charge in [0.1, 0.15) is 12.4 Å². The summed E-state index contributed by atoms with van der Waals surface area (Å²) in [6.07, 6.45) is 1.50. The predicted octanol–water partition coefficient (Wildman–Crippen LogP) is 3.86. The molecule has 154 valence electrons. The molecule has 0 atom stereocenters. The van der Waals surface area contributed by atoms with Crippen molar-refractivity contribution in [1.29, 1.82) is 5.26 Å². The molecular weight excluding hydrogens is 392 g/mol. The van der Waals surface area contributed by atoms with E-state index in [0.717, 1.165) is 5.56 Å². The van der Waals surface area contributed by atoms with Crippen molar-refractivity contribution in [3.8, 4) is 11.8 Å². The van der Waals surface area contributed by atoms with E-state index in [4.69, 9.17) is 4.74 Å². The van der Waals surface area contributed by atoms with E-state index in [9.17, 15) is 14.9 Å². The van der Waals surface area contributed by atoms with E-state index in [1.807, 2.05) is 30.3 Å². The molecule has 3 rings (SSSR count). The Kier molecular flexibility index (Phi) is 7.12. The minimum absolute atomic E-state index is 0.182. The lowest BCUT2D eigenvalue weighted by molar-refractivity contribution is -0.114. The first-order valence-electron chi connectivity index (χ1n) is 9.47. The van der Waals surface area contributed by atoms with Gasteiger partial charge in [-0.2, -0.15) is 10.4 Å². The first-order valence-corrected chi connectivity index (χ1v) is 9.47. The van der Waals surface area contributed by atoms with Crippen LogP contribution in [0.2, 0.25) is 0 Å². The predicted molar refractivity (Wildman–Crippen MR) is 118 cm³/mol. The Hall–Kier alpha value is -4.44. The number of nitriles is 1. The van der Waals surface area contributed by atoms with Crippen molar-refractivity contribution < 1.29 is 14.3 Å². The van der Waals surface area contributed by atoms with E-state index in [-0.39, 0.29) is 18.4 Å². The largest absolute Gasteiger partial charge is 0.488 e. The average molecular weight is 412 g/mol. The maximum absolute atomic E-state index is 12.3. The van der Waals surface area contributed by atoms with E-state index < -0.39 is 0 Å². The third-order valence-corrected chi connectivity index (χ3v) is 4.28. The highest BCUT2D eigenvalue weighted by molar-refractivity contribution is 5.96. The van der Waals surface area contributed by atoms with Crippen LogP contribution < -0.4 is 15.5 Å². The second-order valence-corrected chi connectivity index (χ2v) is 6.55. The van der Waals surface area contributed by atoms with Gasteiger partial charge in [-0.15, -0.1) is 0 Å². The second-order valence-electron chi connectivity index (χ2n) is 6.55. The third kappa shape index (κ3) is 6.02. The molecule has 3 aromatic rings. The van der Waals surface area contributed by atoms with Gasteiger partial charge in [0, 0.05) is 29.3 Å². The quantitative estimate of drug-likeness (QED) is 0.454. The molecule has 7 heteroatoms. The first kappa shape index (κ1) is 21.3. The molecule has 2 amide bonds. The summed E-state index contributed by atoms with van der Waals surface area (Å²) in [5.74, 6) is 0.0127. The molecule has 0 saturated carbocycles. The maximum Gasteiger partial charge on any atom is 0.271 e. The van der Waals surface area contributed by atoms with Gasteiger partial charge < -0.3 is 10.1 Å². The lowest BCUT2D eigenvalue weighted by Gasteiger charge is -2.10. The number of para-hydroxylation sites is 1. The highest BCUT2D eigenvalue weighted by atomic mass is 16.5. The number of carbonyl (C=O) groups excluding carboxylic acids is 2. The van der Waals surface area contributed by atoms with Crippen LogP contribution in [0.15, 0.2) is 77.9 Å². The van der Waals surface area contributed by atoms with Gasteiger partial charge in [0.25, 0.3) is 5.91 Å². The normalized spacial score (nSPS) is 10.3. The summed E-state index contributed by atoms with van der Waals surface area (Å²) in [5.41, 5.74) is 5.51. The van der Waals surface area contributed by atoms with Gasteiger partial charge in [-0.05, 0) is 42.5 Å². The number of hydrazone groups is 1. The molecule has 0 aliphatic heterocycles. The van der Waals surface area contributed by atoms with Crippen molar-refractivity contribution in [2.24, 2.45) is 5.10 Å². The summed E-state index contributed by atoms with van der Waals surface area (Å²) in [7, 11) is 0. The number of nitrogens with zero attached hydrogens (tertiary/aromatic N) is 2. The third-order valence-electron chi connectivity index (χ3n) is 4.28. The minimum Gasteiger partial charge on any atom is -0.488 e. The Balaban J connectivity index is 1.63. The van der Waals surface area contributed by atoms with E-state index >= 15 is 0 Å². The fourth-order valence-electron chi connectivity index (χ4n) is 2.76. The molecule has 0 aliphatic carbocycles. The van der Waals surface area contributed by atoms with Crippen molar-refractivity contribution in [1.82, 2.24) is 5.43 Å². The number of benzene rings is 3. The van der Waals surface area contributed by atoms with Crippen molar-refractivity contribution in [2.75, 3.05) is 5.32 Å². The van der Waals surface area contributed by atoms with Crippen LogP contribution in [0.1, 0.15) is 34.0 Å². The van der Waals surface area contributed by atoms with Crippen LogP contribution in [-0.2, 0) is 11.4 Å². The van der Waals surface area contributed by atoms with Crippen LogP contribution in [0.25, 0.3) is 0 Å². The van der Waals surface area contributed by atoms with Gasteiger partial charge >= 0.3 is 0 Å². The van der Waals surface area contributed by atoms with Crippen LogP contribution in [0.4, 0.5) is 5.69 Å². The van der Waals surface area contributed by atoms with Gasteiger partial charge in [0.2, 0.25) is 5.91 Å². The molecule has 2 N–H and O–H groups in total. The summed E-state index contributed by atoms with van der Waals surface area (Å²) in [6.45, 7) is 1.65. The summed E-state index contributed by atoms with van der Waals surface area (Å²) >= 11 is 0. The smallest absolute Gasteiger partial charge is 0.271 e. The summed E-state index contributed by atoms with van der Waals surface area (Å²) in [4.78, 5) is 23.3.